The zero-order chi connectivity index (χ0) is 18.2. The Balaban J connectivity index is 1.78. The van der Waals surface area contributed by atoms with Crippen molar-refractivity contribution < 1.29 is 9.59 Å². The molecule has 0 saturated carbocycles. The topological polar surface area (TPSA) is 64.9 Å². The molecule has 0 aromatic carbocycles. The van der Waals surface area contributed by atoms with Gasteiger partial charge in [0, 0.05) is 66.8 Å². The molecule has 0 radical (unpaired) electrons. The molecule has 0 bridgehead atoms. The predicted octanol–water partition coefficient (Wildman–Crippen LogP) is -0.773. The van der Waals surface area contributed by atoms with E-state index in [1.165, 1.54) is 0 Å². The van der Waals surface area contributed by atoms with Crippen LogP contribution in [0, 0.1) is 0 Å². The maximum absolute atomic E-state index is 13.0. The van der Waals surface area contributed by atoms with E-state index in [0.717, 1.165) is 31.9 Å². The molecule has 3 rings (SSSR count). The van der Waals surface area contributed by atoms with E-state index >= 15 is 0 Å². The van der Waals surface area contributed by atoms with Gasteiger partial charge in [0.1, 0.15) is 11.4 Å². The summed E-state index contributed by atoms with van der Waals surface area (Å²) >= 11 is 0. The van der Waals surface area contributed by atoms with E-state index < -0.39 is 5.54 Å². The average molecular weight is 348 g/mol. The van der Waals surface area contributed by atoms with Crippen LogP contribution < -0.4 is 0 Å². The van der Waals surface area contributed by atoms with Crippen molar-refractivity contribution in [1.82, 2.24) is 29.2 Å². The standard InChI is InChI=1S/C17H28N6O2/c1-19(2)15(24)12-23-10-9-21(4)16(25)17(23)5-7-22(13-17)11-14-18-6-8-20(14)3/h6,8H,5,7,9-13H2,1-4H3/t17-/m1/s1. The van der Waals surface area contributed by atoms with Crippen LogP contribution in [0.15, 0.2) is 12.4 Å². The van der Waals surface area contributed by atoms with Crippen LogP contribution in [0.3, 0.4) is 0 Å². The highest BCUT2D eigenvalue weighted by molar-refractivity contribution is 5.89. The van der Waals surface area contributed by atoms with Crippen LogP contribution in [0.1, 0.15) is 12.2 Å². The van der Waals surface area contributed by atoms with Crippen molar-refractivity contribution >= 4 is 11.8 Å². The molecule has 0 aliphatic carbocycles. The SMILES string of the molecule is CN(C)C(=O)CN1CCN(C)C(=O)[C@]12CCN(Cc1nccn1C)C2. The Labute approximate surface area is 149 Å². The Bertz CT molecular complexity index is 657. The molecule has 3 heterocycles. The van der Waals surface area contributed by atoms with E-state index in [1.54, 1.807) is 30.1 Å². The summed E-state index contributed by atoms with van der Waals surface area (Å²) in [5.74, 6) is 1.16. The zero-order valence-corrected chi connectivity index (χ0v) is 15.6. The summed E-state index contributed by atoms with van der Waals surface area (Å²) in [4.78, 5) is 37.4. The van der Waals surface area contributed by atoms with Gasteiger partial charge in [-0.2, -0.15) is 0 Å². The number of amides is 2. The molecular formula is C17H28N6O2. The molecule has 138 valence electrons. The molecule has 8 heteroatoms. The van der Waals surface area contributed by atoms with E-state index in [9.17, 15) is 9.59 Å². The molecular weight excluding hydrogens is 320 g/mol. The molecule has 1 aromatic heterocycles. The minimum atomic E-state index is -0.593. The number of piperazine rings is 1. The van der Waals surface area contributed by atoms with Crippen molar-refractivity contribution in [2.75, 3.05) is 53.9 Å². The number of likely N-dealkylation sites (tertiary alicyclic amines) is 1. The summed E-state index contributed by atoms with van der Waals surface area (Å²) in [5, 5.41) is 0. The fourth-order valence-corrected chi connectivity index (χ4v) is 3.80. The number of rotatable bonds is 4. The smallest absolute Gasteiger partial charge is 0.244 e. The maximum atomic E-state index is 13.0. The first-order chi connectivity index (χ1) is 11.8. The minimum absolute atomic E-state index is 0.0410. The van der Waals surface area contributed by atoms with Crippen LogP contribution >= 0.6 is 0 Å². The Kier molecular flexibility index (Phi) is 4.83. The van der Waals surface area contributed by atoms with Crippen molar-refractivity contribution in [3.8, 4) is 0 Å². The monoisotopic (exact) mass is 348 g/mol. The van der Waals surface area contributed by atoms with Crippen LogP contribution in [0.4, 0.5) is 0 Å². The lowest BCUT2D eigenvalue weighted by atomic mass is 9.91. The van der Waals surface area contributed by atoms with Crippen molar-refractivity contribution in [2.45, 2.75) is 18.5 Å². The Morgan fingerprint density at radius 2 is 2.04 bits per heavy atom. The minimum Gasteiger partial charge on any atom is -0.348 e. The summed E-state index contributed by atoms with van der Waals surface area (Å²) in [5.41, 5.74) is -0.593. The number of likely N-dealkylation sites (N-methyl/N-ethyl adjacent to an activating group) is 2. The van der Waals surface area contributed by atoms with E-state index in [-0.39, 0.29) is 11.8 Å². The van der Waals surface area contributed by atoms with Gasteiger partial charge in [-0.1, -0.05) is 0 Å². The highest BCUT2D eigenvalue weighted by Crippen LogP contribution is 2.33. The van der Waals surface area contributed by atoms with Crippen molar-refractivity contribution in [3.63, 3.8) is 0 Å². The second kappa shape index (κ2) is 6.76. The lowest BCUT2D eigenvalue weighted by molar-refractivity contribution is -0.151. The number of imidazole rings is 1. The number of aromatic nitrogens is 2. The third-order valence-corrected chi connectivity index (χ3v) is 5.49. The molecule has 2 amide bonds. The molecule has 2 aliphatic rings. The van der Waals surface area contributed by atoms with E-state index in [2.05, 4.69) is 14.8 Å². The number of hydrogen-bond donors (Lipinski definition) is 0. The Morgan fingerprint density at radius 1 is 1.28 bits per heavy atom. The predicted molar refractivity (Wildman–Crippen MR) is 93.7 cm³/mol. The summed E-state index contributed by atoms with van der Waals surface area (Å²) in [6.45, 7) is 3.89. The van der Waals surface area contributed by atoms with Crippen LogP contribution in [0.25, 0.3) is 0 Å². The van der Waals surface area contributed by atoms with Crippen LogP contribution in [-0.2, 0) is 23.2 Å². The summed E-state index contributed by atoms with van der Waals surface area (Å²) in [7, 11) is 7.36. The van der Waals surface area contributed by atoms with Gasteiger partial charge in [0.15, 0.2) is 0 Å². The summed E-state index contributed by atoms with van der Waals surface area (Å²) in [6, 6.07) is 0. The number of hydrogen-bond acceptors (Lipinski definition) is 5. The number of carbonyl (C=O) groups excluding carboxylic acids is 2. The molecule has 1 atom stereocenters. The Hall–Kier alpha value is -1.93. The quantitative estimate of drug-likeness (QED) is 0.715. The summed E-state index contributed by atoms with van der Waals surface area (Å²) in [6.07, 6.45) is 4.48. The Morgan fingerprint density at radius 3 is 2.68 bits per heavy atom. The van der Waals surface area contributed by atoms with Crippen LogP contribution in [-0.4, -0.2) is 100 Å². The lowest BCUT2D eigenvalue weighted by Crippen LogP contribution is -2.67. The maximum Gasteiger partial charge on any atom is 0.244 e. The highest BCUT2D eigenvalue weighted by atomic mass is 16.2. The van der Waals surface area contributed by atoms with Gasteiger partial charge in [-0.3, -0.25) is 19.4 Å². The van der Waals surface area contributed by atoms with Crippen molar-refractivity contribution in [2.24, 2.45) is 7.05 Å². The van der Waals surface area contributed by atoms with E-state index in [1.807, 2.05) is 24.9 Å². The van der Waals surface area contributed by atoms with Gasteiger partial charge in [-0.25, -0.2) is 4.98 Å². The first kappa shape index (κ1) is 17.9. The first-order valence-corrected chi connectivity index (χ1v) is 8.73. The molecule has 0 unspecified atom stereocenters. The average Bonchev–Trinajstić information content (AvgIpc) is 3.16. The second-order valence-corrected chi connectivity index (χ2v) is 7.38. The molecule has 1 aromatic rings. The largest absolute Gasteiger partial charge is 0.348 e. The molecule has 2 aliphatic heterocycles. The normalized spacial score (nSPS) is 25.1. The molecule has 8 nitrogen and oxygen atoms in total. The first-order valence-electron chi connectivity index (χ1n) is 8.73. The lowest BCUT2D eigenvalue weighted by Gasteiger charge is -2.46. The molecule has 25 heavy (non-hydrogen) atoms. The number of nitrogens with zero attached hydrogens (tertiary/aromatic N) is 6. The van der Waals surface area contributed by atoms with Crippen molar-refractivity contribution in [1.29, 1.82) is 0 Å². The number of carbonyl (C=O) groups is 2. The third kappa shape index (κ3) is 3.28. The van der Waals surface area contributed by atoms with Crippen LogP contribution in [0.2, 0.25) is 0 Å². The number of aryl methyl sites for hydroxylation is 1. The van der Waals surface area contributed by atoms with Gasteiger partial charge in [0.25, 0.3) is 0 Å². The molecule has 2 fully saturated rings. The van der Waals surface area contributed by atoms with E-state index in [0.29, 0.717) is 19.6 Å². The van der Waals surface area contributed by atoms with Gasteiger partial charge < -0.3 is 14.4 Å². The van der Waals surface area contributed by atoms with Gasteiger partial charge in [-0.15, -0.1) is 0 Å². The molecule has 0 N–H and O–H groups in total. The van der Waals surface area contributed by atoms with E-state index in [4.69, 9.17) is 0 Å². The van der Waals surface area contributed by atoms with Crippen LogP contribution in [0.5, 0.6) is 0 Å². The highest BCUT2D eigenvalue weighted by Gasteiger charge is 2.52. The second-order valence-electron chi connectivity index (χ2n) is 7.38. The van der Waals surface area contributed by atoms with Gasteiger partial charge >= 0.3 is 0 Å². The fraction of sp³-hybridized carbons (Fsp3) is 0.706. The van der Waals surface area contributed by atoms with Crippen molar-refractivity contribution in [3.05, 3.63) is 18.2 Å². The summed E-state index contributed by atoms with van der Waals surface area (Å²) < 4.78 is 2.01. The van der Waals surface area contributed by atoms with Gasteiger partial charge in [0.2, 0.25) is 11.8 Å². The zero-order valence-electron chi connectivity index (χ0n) is 15.6. The van der Waals surface area contributed by atoms with Gasteiger partial charge in [-0.05, 0) is 6.42 Å². The molecule has 2 saturated heterocycles. The fourth-order valence-electron chi connectivity index (χ4n) is 3.80. The third-order valence-electron chi connectivity index (χ3n) is 5.49. The molecule has 1 spiro atoms. The van der Waals surface area contributed by atoms with Gasteiger partial charge in [0.05, 0.1) is 13.1 Å².